The molecule has 0 radical (unpaired) electrons. The van der Waals surface area contributed by atoms with Crippen LogP contribution in [0.25, 0.3) is 0 Å². The van der Waals surface area contributed by atoms with Gasteiger partial charge in [0.15, 0.2) is 0 Å². The van der Waals surface area contributed by atoms with Crippen molar-refractivity contribution in [1.29, 1.82) is 0 Å². The minimum Gasteiger partial charge on any atom is -0.478 e. The van der Waals surface area contributed by atoms with Crippen LogP contribution < -0.4 is 0 Å². The third-order valence-electron chi connectivity index (χ3n) is 4.00. The molecule has 0 unspecified atom stereocenters. The van der Waals surface area contributed by atoms with E-state index in [-0.39, 0.29) is 23.7 Å². The summed E-state index contributed by atoms with van der Waals surface area (Å²) in [5, 5.41) is 9.24. The largest absolute Gasteiger partial charge is 0.478 e. The first-order valence-corrected chi connectivity index (χ1v) is 8.34. The van der Waals surface area contributed by atoms with Crippen LogP contribution in [0.1, 0.15) is 34.8 Å². The van der Waals surface area contributed by atoms with Gasteiger partial charge in [-0.1, -0.05) is 37.3 Å². The van der Waals surface area contributed by atoms with Gasteiger partial charge < -0.3 is 10.0 Å². The maximum atomic E-state index is 13.3. The molecule has 0 aliphatic rings. The molecule has 2 aromatic rings. The molecule has 4 nitrogen and oxygen atoms in total. The van der Waals surface area contributed by atoms with Crippen LogP contribution in [0.2, 0.25) is 0 Å². The van der Waals surface area contributed by atoms with E-state index in [1.54, 1.807) is 29.2 Å². The first-order valence-electron chi connectivity index (χ1n) is 8.34. The van der Waals surface area contributed by atoms with Crippen molar-refractivity contribution in [3.05, 3.63) is 71.0 Å². The van der Waals surface area contributed by atoms with Crippen LogP contribution in [0.3, 0.4) is 0 Å². The standard InChI is InChI=1S/C20H22FNO3/c1-2-11-22(12-10-15-6-5-8-17(21)13-15)19(23)14-16-7-3-4-9-18(16)20(24)25/h3-9,13H,2,10-12,14H2,1H3,(H,24,25). The summed E-state index contributed by atoms with van der Waals surface area (Å²) in [5.74, 6) is -1.45. The van der Waals surface area contributed by atoms with Gasteiger partial charge in [-0.05, 0) is 42.2 Å². The molecule has 0 heterocycles. The number of amides is 1. The summed E-state index contributed by atoms with van der Waals surface area (Å²) in [7, 11) is 0. The van der Waals surface area contributed by atoms with E-state index in [2.05, 4.69) is 0 Å². The summed E-state index contributed by atoms with van der Waals surface area (Å²) in [5.41, 5.74) is 1.49. The molecular formula is C20H22FNO3. The van der Waals surface area contributed by atoms with E-state index < -0.39 is 5.97 Å². The number of carbonyl (C=O) groups excluding carboxylic acids is 1. The van der Waals surface area contributed by atoms with E-state index in [0.29, 0.717) is 25.1 Å². The van der Waals surface area contributed by atoms with E-state index in [1.807, 2.05) is 13.0 Å². The third kappa shape index (κ3) is 5.41. The topological polar surface area (TPSA) is 57.6 Å². The highest BCUT2D eigenvalue weighted by Gasteiger charge is 2.17. The number of carboxylic acids is 1. The second-order valence-corrected chi connectivity index (χ2v) is 5.90. The number of carbonyl (C=O) groups is 2. The number of hydrogen-bond acceptors (Lipinski definition) is 2. The lowest BCUT2D eigenvalue weighted by Gasteiger charge is -2.22. The number of aromatic carboxylic acids is 1. The van der Waals surface area contributed by atoms with E-state index >= 15 is 0 Å². The molecule has 25 heavy (non-hydrogen) atoms. The average molecular weight is 343 g/mol. The van der Waals surface area contributed by atoms with Gasteiger partial charge in [0.1, 0.15) is 5.82 Å². The van der Waals surface area contributed by atoms with E-state index in [0.717, 1.165) is 12.0 Å². The molecule has 0 fully saturated rings. The summed E-state index contributed by atoms with van der Waals surface area (Å²) in [4.78, 5) is 25.6. The van der Waals surface area contributed by atoms with Gasteiger partial charge in [0.25, 0.3) is 0 Å². The fourth-order valence-corrected chi connectivity index (χ4v) is 2.75. The Morgan fingerprint density at radius 1 is 1.08 bits per heavy atom. The molecule has 0 bridgehead atoms. The molecule has 0 saturated carbocycles. The molecule has 0 aliphatic carbocycles. The molecule has 0 spiro atoms. The van der Waals surface area contributed by atoms with Crippen molar-refractivity contribution in [3.8, 4) is 0 Å². The van der Waals surface area contributed by atoms with E-state index in [4.69, 9.17) is 0 Å². The summed E-state index contributed by atoms with van der Waals surface area (Å²) < 4.78 is 13.3. The van der Waals surface area contributed by atoms with Gasteiger partial charge in [-0.3, -0.25) is 4.79 Å². The van der Waals surface area contributed by atoms with Crippen molar-refractivity contribution in [2.75, 3.05) is 13.1 Å². The molecule has 1 amide bonds. The van der Waals surface area contributed by atoms with Crippen LogP contribution >= 0.6 is 0 Å². The Kier molecular flexibility index (Phi) is 6.69. The third-order valence-corrected chi connectivity index (χ3v) is 4.00. The molecule has 0 atom stereocenters. The predicted molar refractivity (Wildman–Crippen MR) is 94.1 cm³/mol. The highest BCUT2D eigenvalue weighted by atomic mass is 19.1. The highest BCUT2D eigenvalue weighted by Crippen LogP contribution is 2.12. The molecule has 0 saturated heterocycles. The van der Waals surface area contributed by atoms with Gasteiger partial charge in [-0.2, -0.15) is 0 Å². The van der Waals surface area contributed by atoms with Crippen LogP contribution in [0.4, 0.5) is 4.39 Å². The number of halogens is 1. The maximum Gasteiger partial charge on any atom is 0.335 e. The van der Waals surface area contributed by atoms with Gasteiger partial charge in [0.2, 0.25) is 5.91 Å². The van der Waals surface area contributed by atoms with Crippen molar-refractivity contribution >= 4 is 11.9 Å². The van der Waals surface area contributed by atoms with Gasteiger partial charge in [-0.25, -0.2) is 9.18 Å². The fraction of sp³-hybridized carbons (Fsp3) is 0.300. The molecule has 1 N–H and O–H groups in total. The first kappa shape index (κ1) is 18.6. The maximum absolute atomic E-state index is 13.3. The molecule has 0 aliphatic heterocycles. The Hall–Kier alpha value is -2.69. The number of hydrogen-bond donors (Lipinski definition) is 1. The molecule has 132 valence electrons. The quantitative estimate of drug-likeness (QED) is 0.797. The first-order chi connectivity index (χ1) is 12.0. The Balaban J connectivity index is 2.06. The zero-order valence-electron chi connectivity index (χ0n) is 14.2. The van der Waals surface area contributed by atoms with Crippen molar-refractivity contribution < 1.29 is 19.1 Å². The molecule has 2 rings (SSSR count). The zero-order valence-corrected chi connectivity index (χ0v) is 14.2. The zero-order chi connectivity index (χ0) is 18.2. The second kappa shape index (κ2) is 8.97. The number of nitrogens with zero attached hydrogens (tertiary/aromatic N) is 1. The van der Waals surface area contributed by atoms with Crippen molar-refractivity contribution in [3.63, 3.8) is 0 Å². The molecule has 2 aromatic carbocycles. The lowest BCUT2D eigenvalue weighted by atomic mass is 10.0. The van der Waals surface area contributed by atoms with E-state index in [1.165, 1.54) is 18.2 Å². The minimum atomic E-state index is -1.04. The van der Waals surface area contributed by atoms with Gasteiger partial charge >= 0.3 is 5.97 Å². The Labute approximate surface area is 146 Å². The summed E-state index contributed by atoms with van der Waals surface area (Å²) >= 11 is 0. The Bertz CT molecular complexity index is 745. The van der Waals surface area contributed by atoms with Crippen LogP contribution in [0.5, 0.6) is 0 Å². The second-order valence-electron chi connectivity index (χ2n) is 5.90. The Morgan fingerprint density at radius 2 is 1.84 bits per heavy atom. The summed E-state index contributed by atoms with van der Waals surface area (Å²) in [6, 6.07) is 12.9. The molecular weight excluding hydrogens is 321 g/mol. The molecule has 0 aromatic heterocycles. The minimum absolute atomic E-state index is 0.0472. The van der Waals surface area contributed by atoms with Crippen molar-refractivity contribution in [2.45, 2.75) is 26.2 Å². The lowest BCUT2D eigenvalue weighted by molar-refractivity contribution is -0.130. The normalized spacial score (nSPS) is 10.5. The number of benzene rings is 2. The van der Waals surface area contributed by atoms with Gasteiger partial charge in [0.05, 0.1) is 12.0 Å². The van der Waals surface area contributed by atoms with Crippen molar-refractivity contribution in [2.24, 2.45) is 0 Å². The van der Waals surface area contributed by atoms with Crippen LogP contribution in [-0.4, -0.2) is 35.0 Å². The van der Waals surface area contributed by atoms with Gasteiger partial charge in [-0.15, -0.1) is 0 Å². The summed E-state index contributed by atoms with van der Waals surface area (Å²) in [6.45, 7) is 3.04. The fourth-order valence-electron chi connectivity index (χ4n) is 2.75. The molecule has 5 heteroatoms. The Morgan fingerprint density at radius 3 is 2.52 bits per heavy atom. The number of carboxylic acid groups (broad SMARTS) is 1. The number of rotatable bonds is 8. The SMILES string of the molecule is CCCN(CCc1cccc(F)c1)C(=O)Cc1ccccc1C(=O)O. The lowest BCUT2D eigenvalue weighted by Crippen LogP contribution is -2.35. The van der Waals surface area contributed by atoms with Crippen LogP contribution in [-0.2, 0) is 17.6 Å². The van der Waals surface area contributed by atoms with Gasteiger partial charge in [0, 0.05) is 13.1 Å². The highest BCUT2D eigenvalue weighted by molar-refractivity contribution is 5.91. The van der Waals surface area contributed by atoms with Crippen molar-refractivity contribution in [1.82, 2.24) is 4.90 Å². The van der Waals surface area contributed by atoms with Crippen LogP contribution in [0.15, 0.2) is 48.5 Å². The predicted octanol–water partition coefficient (Wildman–Crippen LogP) is 3.55. The average Bonchev–Trinajstić information content (AvgIpc) is 2.59. The van der Waals surface area contributed by atoms with E-state index in [9.17, 15) is 19.1 Å². The monoisotopic (exact) mass is 343 g/mol. The van der Waals surface area contributed by atoms with Crippen LogP contribution in [0, 0.1) is 5.82 Å². The smallest absolute Gasteiger partial charge is 0.335 e. The summed E-state index contributed by atoms with van der Waals surface area (Å²) in [6.07, 6.45) is 1.41.